The summed E-state index contributed by atoms with van der Waals surface area (Å²) in [6, 6.07) is 5.43. The molecular formula is C14H14BrFN4O3. The number of primary amides is 1. The van der Waals surface area contributed by atoms with Crippen LogP contribution in [0.25, 0.3) is 5.69 Å². The Morgan fingerprint density at radius 1 is 1.52 bits per heavy atom. The number of amides is 1. The third kappa shape index (κ3) is 3.86. The highest BCUT2D eigenvalue weighted by molar-refractivity contribution is 9.10. The van der Waals surface area contributed by atoms with Gasteiger partial charge in [-0.25, -0.2) is 23.2 Å². The zero-order valence-electron chi connectivity index (χ0n) is 12.2. The van der Waals surface area contributed by atoms with Gasteiger partial charge in [0, 0.05) is 10.0 Å². The van der Waals surface area contributed by atoms with Gasteiger partial charge in [0.15, 0.2) is 0 Å². The summed E-state index contributed by atoms with van der Waals surface area (Å²) >= 11 is 3.40. The Bertz CT molecular complexity index is 813. The maximum Gasteiger partial charge on any atom is 0.404 e. The van der Waals surface area contributed by atoms with Crippen molar-refractivity contribution in [3.05, 3.63) is 56.9 Å². The van der Waals surface area contributed by atoms with Crippen LogP contribution >= 0.6 is 15.9 Å². The van der Waals surface area contributed by atoms with Crippen molar-refractivity contribution in [1.82, 2.24) is 14.3 Å². The molecule has 2 N–H and O–H groups in total. The molecule has 1 amide bonds. The fourth-order valence-electron chi connectivity index (χ4n) is 1.94. The van der Waals surface area contributed by atoms with Crippen LogP contribution in [0.15, 0.2) is 45.7 Å². The van der Waals surface area contributed by atoms with E-state index in [0.29, 0.717) is 5.69 Å². The maximum atomic E-state index is 12.8. The minimum Gasteiger partial charge on any atom is -0.445 e. The van der Waals surface area contributed by atoms with E-state index in [1.807, 2.05) is 13.0 Å². The highest BCUT2D eigenvalue weighted by Gasteiger charge is 2.12. The summed E-state index contributed by atoms with van der Waals surface area (Å²) in [5, 5.41) is 3.95. The SMILES string of the molecule is Cc1c(Br)cccc1-n1cnn(CC(=CF)COC(N)=O)c1=O. The lowest BCUT2D eigenvalue weighted by atomic mass is 10.2. The third-order valence-electron chi connectivity index (χ3n) is 3.14. The highest BCUT2D eigenvalue weighted by atomic mass is 79.9. The molecule has 2 aromatic rings. The minimum atomic E-state index is -1.02. The van der Waals surface area contributed by atoms with Gasteiger partial charge in [-0.05, 0) is 24.6 Å². The van der Waals surface area contributed by atoms with Crippen molar-refractivity contribution >= 4 is 22.0 Å². The van der Waals surface area contributed by atoms with Crippen LogP contribution in [0.1, 0.15) is 5.56 Å². The van der Waals surface area contributed by atoms with Crippen molar-refractivity contribution in [2.45, 2.75) is 13.5 Å². The predicted octanol–water partition coefficient (Wildman–Crippen LogP) is 2.05. The van der Waals surface area contributed by atoms with E-state index in [1.54, 1.807) is 12.1 Å². The van der Waals surface area contributed by atoms with Gasteiger partial charge in [-0.2, -0.15) is 5.10 Å². The summed E-state index contributed by atoms with van der Waals surface area (Å²) < 4.78 is 20.6. The van der Waals surface area contributed by atoms with Crippen LogP contribution < -0.4 is 11.4 Å². The smallest absolute Gasteiger partial charge is 0.404 e. The number of hydrogen-bond acceptors (Lipinski definition) is 4. The lowest BCUT2D eigenvalue weighted by molar-refractivity contribution is 0.164. The standard InChI is InChI=1S/C14H14BrFN4O3/c1-9-11(15)3-2-4-12(9)19-8-18-20(14(19)22)6-10(5-16)7-23-13(17)21/h2-5,8H,6-7H2,1H3,(H2,17,21). The van der Waals surface area contributed by atoms with Gasteiger partial charge in [0.05, 0.1) is 18.6 Å². The summed E-state index contributed by atoms with van der Waals surface area (Å²) in [5.41, 5.74) is 5.97. The normalized spacial score (nSPS) is 11.5. The van der Waals surface area contributed by atoms with Crippen molar-refractivity contribution in [3.63, 3.8) is 0 Å². The summed E-state index contributed by atoms with van der Waals surface area (Å²) in [5.74, 6) is 0. The monoisotopic (exact) mass is 384 g/mol. The van der Waals surface area contributed by atoms with Crippen molar-refractivity contribution in [2.24, 2.45) is 5.73 Å². The van der Waals surface area contributed by atoms with Crippen molar-refractivity contribution < 1.29 is 13.9 Å². The Morgan fingerprint density at radius 3 is 2.91 bits per heavy atom. The van der Waals surface area contributed by atoms with Crippen molar-refractivity contribution in [1.29, 1.82) is 0 Å². The molecule has 1 aromatic carbocycles. The average Bonchev–Trinajstić information content (AvgIpc) is 2.87. The van der Waals surface area contributed by atoms with Crippen LogP contribution in [-0.2, 0) is 11.3 Å². The number of aromatic nitrogens is 3. The molecule has 1 aromatic heterocycles. The Hall–Kier alpha value is -2.42. The largest absolute Gasteiger partial charge is 0.445 e. The van der Waals surface area contributed by atoms with Gasteiger partial charge in [0.25, 0.3) is 0 Å². The third-order valence-corrected chi connectivity index (χ3v) is 4.00. The Kier molecular flexibility index (Phi) is 5.32. The number of carbonyl (C=O) groups is 1. The van der Waals surface area contributed by atoms with Crippen molar-refractivity contribution in [3.8, 4) is 5.69 Å². The molecule has 122 valence electrons. The molecule has 0 aliphatic heterocycles. The molecule has 0 radical (unpaired) electrons. The van der Waals surface area contributed by atoms with Gasteiger partial charge >= 0.3 is 11.8 Å². The summed E-state index contributed by atoms with van der Waals surface area (Å²) in [7, 11) is 0. The van der Waals surface area contributed by atoms with E-state index in [0.717, 1.165) is 14.7 Å². The molecule has 0 unspecified atom stereocenters. The van der Waals surface area contributed by atoms with Crippen LogP contribution in [0.3, 0.4) is 0 Å². The molecule has 0 aliphatic rings. The number of benzene rings is 1. The van der Waals surface area contributed by atoms with E-state index in [2.05, 4.69) is 25.8 Å². The van der Waals surface area contributed by atoms with Crippen LogP contribution in [0.4, 0.5) is 9.18 Å². The molecule has 1 heterocycles. The second-order valence-electron chi connectivity index (χ2n) is 4.70. The molecule has 9 heteroatoms. The summed E-state index contributed by atoms with van der Waals surface area (Å²) in [6.45, 7) is 1.36. The number of nitrogens with zero attached hydrogens (tertiary/aromatic N) is 3. The zero-order valence-corrected chi connectivity index (χ0v) is 13.8. The van der Waals surface area contributed by atoms with E-state index in [-0.39, 0.29) is 25.1 Å². The molecule has 23 heavy (non-hydrogen) atoms. The first kappa shape index (κ1) is 16.9. The second-order valence-corrected chi connectivity index (χ2v) is 5.55. The molecule has 0 bridgehead atoms. The first-order valence-corrected chi connectivity index (χ1v) is 7.33. The number of carbonyl (C=O) groups excluding carboxylic acids is 1. The van der Waals surface area contributed by atoms with Gasteiger partial charge in [0.1, 0.15) is 12.9 Å². The van der Waals surface area contributed by atoms with Crippen molar-refractivity contribution in [2.75, 3.05) is 6.61 Å². The van der Waals surface area contributed by atoms with Gasteiger partial charge in [-0.1, -0.05) is 22.0 Å². The number of rotatable bonds is 5. The molecule has 7 nitrogen and oxygen atoms in total. The second kappa shape index (κ2) is 7.23. The summed E-state index contributed by atoms with van der Waals surface area (Å²) in [6.07, 6.45) is 0.590. The molecule has 2 rings (SSSR count). The first-order chi connectivity index (χ1) is 10.9. The van der Waals surface area contributed by atoms with Crippen LogP contribution in [0.5, 0.6) is 0 Å². The Balaban J connectivity index is 2.28. The Labute approximate surface area is 139 Å². The molecule has 0 atom stereocenters. The Morgan fingerprint density at radius 2 is 2.26 bits per heavy atom. The molecule has 0 fully saturated rings. The zero-order chi connectivity index (χ0) is 17.0. The minimum absolute atomic E-state index is 0.0575. The van der Waals surface area contributed by atoms with E-state index < -0.39 is 11.8 Å². The lowest BCUT2D eigenvalue weighted by Gasteiger charge is -2.07. The fraction of sp³-hybridized carbons (Fsp3) is 0.214. The molecule has 0 saturated carbocycles. The summed E-state index contributed by atoms with van der Waals surface area (Å²) in [4.78, 5) is 22.9. The number of hydrogen-bond donors (Lipinski definition) is 1. The lowest BCUT2D eigenvalue weighted by Crippen LogP contribution is -2.26. The van der Waals surface area contributed by atoms with E-state index in [9.17, 15) is 14.0 Å². The predicted molar refractivity (Wildman–Crippen MR) is 85.0 cm³/mol. The molecule has 0 saturated heterocycles. The van der Waals surface area contributed by atoms with Gasteiger partial charge < -0.3 is 10.5 Å². The van der Waals surface area contributed by atoms with Gasteiger partial charge in [-0.3, -0.25) is 0 Å². The quantitative estimate of drug-likeness (QED) is 0.853. The van der Waals surface area contributed by atoms with E-state index in [1.165, 1.54) is 10.9 Å². The topological polar surface area (TPSA) is 92.1 Å². The highest BCUT2D eigenvalue weighted by Crippen LogP contribution is 2.21. The van der Waals surface area contributed by atoms with Gasteiger partial charge in [0.2, 0.25) is 0 Å². The van der Waals surface area contributed by atoms with Crippen LogP contribution in [0.2, 0.25) is 0 Å². The molecular weight excluding hydrogens is 371 g/mol. The van der Waals surface area contributed by atoms with Gasteiger partial charge in [-0.15, -0.1) is 0 Å². The number of ether oxygens (including phenoxy) is 1. The molecule has 0 spiro atoms. The average molecular weight is 385 g/mol. The number of nitrogens with two attached hydrogens (primary N) is 1. The number of halogens is 2. The van der Waals surface area contributed by atoms with Crippen LogP contribution in [-0.4, -0.2) is 27.0 Å². The fourth-order valence-corrected chi connectivity index (χ4v) is 2.29. The van der Waals surface area contributed by atoms with E-state index in [4.69, 9.17) is 5.73 Å². The van der Waals surface area contributed by atoms with Crippen LogP contribution in [0, 0.1) is 6.92 Å². The first-order valence-electron chi connectivity index (χ1n) is 6.54. The maximum absolute atomic E-state index is 12.8. The molecule has 0 aliphatic carbocycles. The van der Waals surface area contributed by atoms with E-state index >= 15 is 0 Å².